The molecule has 1 aromatic carbocycles. The van der Waals surface area contributed by atoms with Crippen LogP contribution in [0.5, 0.6) is 0 Å². The van der Waals surface area contributed by atoms with Crippen molar-refractivity contribution in [2.24, 2.45) is 0 Å². The van der Waals surface area contributed by atoms with Gasteiger partial charge < -0.3 is 0 Å². The van der Waals surface area contributed by atoms with Gasteiger partial charge in [0.1, 0.15) is 0 Å². The Balaban J connectivity index is 0.000000640. The van der Waals surface area contributed by atoms with E-state index < -0.39 is 0 Å². The molecule has 1 aromatic rings. The zero-order chi connectivity index (χ0) is 5.82. The summed E-state index contributed by atoms with van der Waals surface area (Å²) in [5.74, 6) is 0. The maximum Gasteiger partial charge on any atom is -0.0274 e. The standard InChI is InChI=1S/C7H9P.BrH/c1-8-7-5-3-2-4-6-7;/h2-6,8H,1H3;1H. The maximum absolute atomic E-state index is 2.19. The predicted octanol–water partition coefficient (Wildman–Crippen LogP) is 2.20. The lowest BCUT2D eigenvalue weighted by molar-refractivity contribution is 1.78. The zero-order valence-corrected chi connectivity index (χ0v) is 8.01. The number of hydrogen-bond acceptors (Lipinski definition) is 0. The van der Waals surface area contributed by atoms with Gasteiger partial charge in [0.05, 0.1) is 0 Å². The minimum Gasteiger partial charge on any atom is -0.114 e. The first-order valence-electron chi connectivity index (χ1n) is 2.66. The van der Waals surface area contributed by atoms with Crippen molar-refractivity contribution in [1.82, 2.24) is 0 Å². The van der Waals surface area contributed by atoms with Crippen molar-refractivity contribution < 1.29 is 0 Å². The fourth-order valence-corrected chi connectivity index (χ4v) is 1.13. The summed E-state index contributed by atoms with van der Waals surface area (Å²) in [6.07, 6.45) is 0. The van der Waals surface area contributed by atoms with Gasteiger partial charge in [0.15, 0.2) is 0 Å². The van der Waals surface area contributed by atoms with Crippen molar-refractivity contribution in [2.45, 2.75) is 0 Å². The summed E-state index contributed by atoms with van der Waals surface area (Å²) in [5.41, 5.74) is 0. The van der Waals surface area contributed by atoms with Gasteiger partial charge in [0, 0.05) is 0 Å². The molecule has 0 aliphatic heterocycles. The molecule has 0 spiro atoms. The van der Waals surface area contributed by atoms with E-state index in [2.05, 4.69) is 30.9 Å². The summed E-state index contributed by atoms with van der Waals surface area (Å²) in [7, 11) is 0.930. The van der Waals surface area contributed by atoms with Gasteiger partial charge in [-0.1, -0.05) is 38.9 Å². The lowest BCUT2D eigenvalue weighted by Gasteiger charge is -1.89. The molecule has 0 nitrogen and oxygen atoms in total. The summed E-state index contributed by atoms with van der Waals surface area (Å²) in [4.78, 5) is 0. The second-order valence-corrected chi connectivity index (χ2v) is 2.69. The van der Waals surface area contributed by atoms with E-state index in [1.807, 2.05) is 6.07 Å². The summed E-state index contributed by atoms with van der Waals surface area (Å²) in [6, 6.07) is 10.5. The minimum atomic E-state index is 0. The third kappa shape index (κ3) is 2.98. The molecular weight excluding hydrogens is 195 g/mol. The van der Waals surface area contributed by atoms with Crippen LogP contribution in [0, 0.1) is 0 Å². The molecule has 0 saturated heterocycles. The van der Waals surface area contributed by atoms with Gasteiger partial charge in [0.2, 0.25) is 0 Å². The molecule has 2 heteroatoms. The molecule has 0 radical (unpaired) electrons. The fraction of sp³-hybridized carbons (Fsp3) is 0.143. The normalized spacial score (nSPS) is 9.44. The average Bonchev–Trinajstić information content (AvgIpc) is 1.90. The first-order chi connectivity index (χ1) is 3.93. The number of rotatable bonds is 1. The Morgan fingerprint density at radius 2 is 1.67 bits per heavy atom. The molecule has 0 fully saturated rings. The quantitative estimate of drug-likeness (QED) is 0.616. The molecule has 0 amide bonds. The molecule has 9 heavy (non-hydrogen) atoms. The van der Waals surface area contributed by atoms with Crippen LogP contribution in [-0.4, -0.2) is 6.66 Å². The van der Waals surface area contributed by atoms with E-state index in [4.69, 9.17) is 0 Å². The molecule has 0 heterocycles. The van der Waals surface area contributed by atoms with E-state index in [0.717, 1.165) is 8.58 Å². The number of benzene rings is 1. The number of halogens is 1. The Morgan fingerprint density at radius 1 is 1.11 bits per heavy atom. The van der Waals surface area contributed by atoms with Gasteiger partial charge in [0.25, 0.3) is 0 Å². The zero-order valence-electron chi connectivity index (χ0n) is 5.29. The van der Waals surface area contributed by atoms with E-state index in [9.17, 15) is 0 Å². The van der Waals surface area contributed by atoms with E-state index >= 15 is 0 Å². The Labute approximate surface area is 68.2 Å². The second-order valence-electron chi connectivity index (χ2n) is 1.62. The third-order valence-corrected chi connectivity index (χ3v) is 1.97. The molecule has 0 aliphatic rings. The first kappa shape index (κ1) is 9.13. The van der Waals surface area contributed by atoms with Crippen molar-refractivity contribution in [3.05, 3.63) is 30.3 Å². The smallest absolute Gasteiger partial charge is 0.0274 e. The monoisotopic (exact) mass is 204 g/mol. The van der Waals surface area contributed by atoms with Crippen LogP contribution in [-0.2, 0) is 0 Å². The second kappa shape index (κ2) is 4.96. The third-order valence-electron chi connectivity index (χ3n) is 1.06. The highest BCUT2D eigenvalue weighted by molar-refractivity contribution is 8.93. The van der Waals surface area contributed by atoms with Gasteiger partial charge in [-0.05, 0) is 12.0 Å². The first-order valence-corrected chi connectivity index (χ1v) is 4.16. The van der Waals surface area contributed by atoms with E-state index in [-0.39, 0.29) is 17.0 Å². The lowest BCUT2D eigenvalue weighted by atomic mass is 10.4. The molecule has 1 atom stereocenters. The Bertz CT molecular complexity index is 150. The van der Waals surface area contributed by atoms with Crippen molar-refractivity contribution >= 4 is 30.9 Å². The molecule has 50 valence electrons. The lowest BCUT2D eigenvalue weighted by Crippen LogP contribution is -1.87. The highest BCUT2D eigenvalue weighted by atomic mass is 79.9. The van der Waals surface area contributed by atoms with Crippen LogP contribution < -0.4 is 5.30 Å². The van der Waals surface area contributed by atoms with Crippen LogP contribution in [0.15, 0.2) is 30.3 Å². The summed E-state index contributed by atoms with van der Waals surface area (Å²) in [5, 5.41) is 1.44. The maximum atomic E-state index is 2.19. The van der Waals surface area contributed by atoms with Crippen LogP contribution in [0.25, 0.3) is 0 Å². The predicted molar refractivity (Wildman–Crippen MR) is 50.6 cm³/mol. The molecule has 0 N–H and O–H groups in total. The Morgan fingerprint density at radius 3 is 2.00 bits per heavy atom. The highest BCUT2D eigenvalue weighted by Crippen LogP contribution is 2.00. The molecule has 0 aromatic heterocycles. The van der Waals surface area contributed by atoms with Crippen LogP contribution in [0.4, 0.5) is 0 Å². The minimum absolute atomic E-state index is 0. The number of hydrogen-bond donors (Lipinski definition) is 0. The van der Waals surface area contributed by atoms with Gasteiger partial charge in [-0.25, -0.2) is 0 Å². The summed E-state index contributed by atoms with van der Waals surface area (Å²) in [6.45, 7) is 2.19. The van der Waals surface area contributed by atoms with E-state index in [1.165, 1.54) is 5.30 Å². The van der Waals surface area contributed by atoms with Crippen molar-refractivity contribution in [3.8, 4) is 0 Å². The highest BCUT2D eigenvalue weighted by Gasteiger charge is 1.79. The largest absolute Gasteiger partial charge is 0.114 e. The summed E-state index contributed by atoms with van der Waals surface area (Å²) < 4.78 is 0. The molecule has 0 aliphatic carbocycles. The van der Waals surface area contributed by atoms with Gasteiger partial charge >= 0.3 is 0 Å². The Hall–Kier alpha value is 0.130. The van der Waals surface area contributed by atoms with Crippen LogP contribution in [0.3, 0.4) is 0 Å². The van der Waals surface area contributed by atoms with Crippen molar-refractivity contribution in [2.75, 3.05) is 6.66 Å². The van der Waals surface area contributed by atoms with Crippen LogP contribution in [0.1, 0.15) is 0 Å². The van der Waals surface area contributed by atoms with Gasteiger partial charge in [-0.2, -0.15) is 0 Å². The van der Waals surface area contributed by atoms with E-state index in [1.54, 1.807) is 0 Å². The molecular formula is C7H10BrP. The van der Waals surface area contributed by atoms with Gasteiger partial charge in [-0.3, -0.25) is 0 Å². The summed E-state index contributed by atoms with van der Waals surface area (Å²) >= 11 is 0. The Kier molecular flexibility index (Phi) is 5.03. The van der Waals surface area contributed by atoms with Crippen LogP contribution >= 0.6 is 25.6 Å². The molecule has 1 unspecified atom stereocenters. The average molecular weight is 205 g/mol. The molecule has 0 bridgehead atoms. The van der Waals surface area contributed by atoms with Crippen molar-refractivity contribution in [1.29, 1.82) is 0 Å². The van der Waals surface area contributed by atoms with E-state index in [0.29, 0.717) is 0 Å². The molecule has 1 rings (SSSR count). The SMILES string of the molecule is Br.CPc1ccccc1. The molecule has 0 saturated carbocycles. The topological polar surface area (TPSA) is 0 Å². The van der Waals surface area contributed by atoms with Gasteiger partial charge in [-0.15, -0.1) is 17.0 Å². The van der Waals surface area contributed by atoms with Crippen molar-refractivity contribution in [3.63, 3.8) is 0 Å². The van der Waals surface area contributed by atoms with Crippen LogP contribution in [0.2, 0.25) is 0 Å². The fourth-order valence-electron chi connectivity index (χ4n) is 0.605.